The molecule has 2 fully saturated rings. The molecule has 4 atom stereocenters. The van der Waals surface area contributed by atoms with Gasteiger partial charge in [-0.2, -0.15) is 0 Å². The predicted molar refractivity (Wildman–Crippen MR) is 108 cm³/mol. The third-order valence-electron chi connectivity index (χ3n) is 4.17. The Kier molecular flexibility index (Phi) is 6.53. The first-order valence-corrected chi connectivity index (χ1v) is 11.4. The smallest absolute Gasteiger partial charge is 0.333 e. The lowest BCUT2D eigenvalue weighted by molar-refractivity contribution is -0.163. The molecule has 0 saturated carbocycles. The number of hydrogen-bond donors (Lipinski definition) is 1. The van der Waals surface area contributed by atoms with Crippen LogP contribution in [0.4, 0.5) is 0 Å². The highest BCUT2D eigenvalue weighted by Gasteiger charge is 2.63. The van der Waals surface area contributed by atoms with E-state index in [1.807, 2.05) is 11.4 Å². The monoisotopic (exact) mass is 484 g/mol. The fourth-order valence-corrected chi connectivity index (χ4v) is 5.55. The molecule has 0 aromatic carbocycles. The van der Waals surface area contributed by atoms with E-state index in [0.717, 1.165) is 9.78 Å². The highest BCUT2D eigenvalue weighted by molar-refractivity contribution is 7.92. The molecule has 0 radical (unpaired) electrons. The van der Waals surface area contributed by atoms with Gasteiger partial charge >= 0.3 is 5.97 Å². The van der Waals surface area contributed by atoms with E-state index >= 15 is 0 Å². The van der Waals surface area contributed by atoms with Gasteiger partial charge < -0.3 is 14.6 Å². The van der Waals surface area contributed by atoms with E-state index in [1.54, 1.807) is 6.07 Å². The van der Waals surface area contributed by atoms with Gasteiger partial charge in [0.15, 0.2) is 12.1 Å². The molecular formula is C16H15Cl3N2O5S2. The Morgan fingerprint density at radius 1 is 1.46 bits per heavy atom. The van der Waals surface area contributed by atoms with Crippen molar-refractivity contribution in [3.63, 3.8) is 0 Å². The fourth-order valence-electron chi connectivity index (χ4n) is 3.02. The predicted octanol–water partition coefficient (Wildman–Crippen LogP) is 1.54. The minimum Gasteiger partial charge on any atom is -0.614 e. The number of thiophene rings is 1. The van der Waals surface area contributed by atoms with Crippen molar-refractivity contribution in [1.29, 1.82) is 0 Å². The van der Waals surface area contributed by atoms with Crippen LogP contribution < -0.4 is 5.32 Å². The summed E-state index contributed by atoms with van der Waals surface area (Å²) in [6, 6.07) is 1.52. The van der Waals surface area contributed by atoms with Crippen LogP contribution in [0.1, 0.15) is 4.88 Å². The van der Waals surface area contributed by atoms with Crippen LogP contribution in [0.15, 0.2) is 29.7 Å². The van der Waals surface area contributed by atoms with Gasteiger partial charge in [-0.05, 0) is 22.6 Å². The Balaban J connectivity index is 1.68. The fraction of sp³-hybridized carbons (Fsp3) is 0.438. The Labute approximate surface area is 183 Å². The molecule has 2 saturated heterocycles. The van der Waals surface area contributed by atoms with Crippen molar-refractivity contribution in [3.05, 3.63) is 34.5 Å². The van der Waals surface area contributed by atoms with Gasteiger partial charge in [0.1, 0.15) is 12.4 Å². The molecule has 0 aliphatic carbocycles. The average molecular weight is 486 g/mol. The summed E-state index contributed by atoms with van der Waals surface area (Å²) in [5.41, 5.74) is 0.264. The Hall–Kier alpha value is -0.970. The molecule has 2 aliphatic rings. The van der Waals surface area contributed by atoms with Gasteiger partial charge in [-0.3, -0.25) is 14.5 Å². The SMILES string of the molecule is C=C1C[S+]([O-])[C@H]2C(NC(=O)Cc3cccs3)C(=O)N2C1C(=O)OCC(Cl)(Cl)Cl. The molecule has 3 unspecified atom stereocenters. The standard InChI is InChI=1S/C16H15Cl3N2O5S2/c1-8-6-28(25)14-11(20-10(22)5-9-3-2-4-27-9)13(23)21(14)12(8)15(24)26-7-16(17,18)19/h2-4,11-12,14H,1,5-7H2,(H,20,22)/t11?,12?,14-,28?/m0/s1. The average Bonchev–Trinajstić information content (AvgIpc) is 3.09. The van der Waals surface area contributed by atoms with Crippen LogP contribution in [-0.2, 0) is 36.7 Å². The van der Waals surface area contributed by atoms with Crippen LogP contribution >= 0.6 is 46.1 Å². The Morgan fingerprint density at radius 2 is 2.18 bits per heavy atom. The van der Waals surface area contributed by atoms with Crippen molar-refractivity contribution in [2.24, 2.45) is 0 Å². The van der Waals surface area contributed by atoms with E-state index in [0.29, 0.717) is 0 Å². The van der Waals surface area contributed by atoms with E-state index < -0.39 is 50.9 Å². The topological polar surface area (TPSA) is 98.8 Å². The summed E-state index contributed by atoms with van der Waals surface area (Å²) in [5, 5.41) is 3.61. The van der Waals surface area contributed by atoms with Crippen LogP contribution in [0.25, 0.3) is 0 Å². The lowest BCUT2D eigenvalue weighted by Gasteiger charge is -2.52. The number of esters is 1. The second-order valence-electron chi connectivity index (χ2n) is 6.25. The summed E-state index contributed by atoms with van der Waals surface area (Å²) in [7, 11) is 0. The minimum absolute atomic E-state index is 0.000718. The molecule has 0 spiro atoms. The molecule has 1 aromatic heterocycles. The number of halogens is 3. The van der Waals surface area contributed by atoms with Crippen LogP contribution in [0.3, 0.4) is 0 Å². The Morgan fingerprint density at radius 3 is 2.79 bits per heavy atom. The van der Waals surface area contributed by atoms with Crippen LogP contribution in [0.5, 0.6) is 0 Å². The van der Waals surface area contributed by atoms with Gasteiger partial charge in [0.2, 0.25) is 15.1 Å². The van der Waals surface area contributed by atoms with Crippen molar-refractivity contribution < 1.29 is 23.7 Å². The van der Waals surface area contributed by atoms with Crippen molar-refractivity contribution in [1.82, 2.24) is 10.2 Å². The number of ether oxygens (including phenoxy) is 1. The summed E-state index contributed by atoms with van der Waals surface area (Å²) < 4.78 is 15.7. The molecule has 1 N–H and O–H groups in total. The second-order valence-corrected chi connectivity index (χ2v) is 11.3. The molecule has 12 heteroatoms. The first-order valence-electron chi connectivity index (χ1n) is 8.00. The molecule has 1 aromatic rings. The maximum absolute atomic E-state index is 12.6. The van der Waals surface area contributed by atoms with Crippen LogP contribution in [0.2, 0.25) is 0 Å². The second kappa shape index (κ2) is 8.41. The highest BCUT2D eigenvalue weighted by atomic mass is 35.6. The summed E-state index contributed by atoms with van der Waals surface area (Å²) >= 11 is 16.6. The maximum Gasteiger partial charge on any atom is 0.333 e. The van der Waals surface area contributed by atoms with E-state index in [1.165, 1.54) is 11.3 Å². The zero-order chi connectivity index (χ0) is 20.6. The van der Waals surface area contributed by atoms with E-state index in [-0.39, 0.29) is 23.7 Å². The molecular weight excluding hydrogens is 471 g/mol. The number of rotatable bonds is 5. The van der Waals surface area contributed by atoms with Crippen molar-refractivity contribution in [2.45, 2.75) is 27.7 Å². The van der Waals surface area contributed by atoms with Crippen molar-refractivity contribution in [2.75, 3.05) is 12.4 Å². The van der Waals surface area contributed by atoms with Gasteiger partial charge in [0, 0.05) is 10.5 Å². The number of nitrogens with zero attached hydrogens (tertiary/aromatic N) is 1. The first-order chi connectivity index (χ1) is 13.1. The van der Waals surface area contributed by atoms with Gasteiger partial charge in [-0.1, -0.05) is 47.4 Å². The van der Waals surface area contributed by atoms with Gasteiger partial charge in [0.25, 0.3) is 5.91 Å². The molecule has 152 valence electrons. The van der Waals surface area contributed by atoms with Gasteiger partial charge in [0.05, 0.1) is 6.42 Å². The number of nitrogens with one attached hydrogen (secondary N) is 1. The van der Waals surface area contributed by atoms with E-state index in [2.05, 4.69) is 11.9 Å². The van der Waals surface area contributed by atoms with Crippen molar-refractivity contribution >= 4 is 75.1 Å². The van der Waals surface area contributed by atoms with Crippen LogP contribution in [0, 0.1) is 0 Å². The molecule has 7 nitrogen and oxygen atoms in total. The molecule has 3 rings (SSSR count). The first kappa shape index (κ1) is 21.7. The lowest BCUT2D eigenvalue weighted by Crippen LogP contribution is -2.78. The number of carbonyl (C=O) groups excluding carboxylic acids is 3. The summed E-state index contributed by atoms with van der Waals surface area (Å²) in [4.78, 5) is 39.2. The largest absolute Gasteiger partial charge is 0.614 e. The summed E-state index contributed by atoms with van der Waals surface area (Å²) in [5.74, 6) is -1.72. The molecule has 2 aliphatic heterocycles. The van der Waals surface area contributed by atoms with Crippen LogP contribution in [-0.4, -0.2) is 60.8 Å². The molecule has 2 amide bonds. The normalized spacial score (nSPS) is 27.1. The molecule has 28 heavy (non-hydrogen) atoms. The van der Waals surface area contributed by atoms with Gasteiger partial charge in [-0.25, -0.2) is 4.79 Å². The number of amides is 2. The number of alkyl halides is 3. The van der Waals surface area contributed by atoms with E-state index in [9.17, 15) is 18.9 Å². The van der Waals surface area contributed by atoms with E-state index in [4.69, 9.17) is 39.5 Å². The highest BCUT2D eigenvalue weighted by Crippen LogP contribution is 2.37. The number of fused-ring (bicyclic) bond motifs is 1. The summed E-state index contributed by atoms with van der Waals surface area (Å²) in [6.07, 6.45) is 0.113. The minimum atomic E-state index is -1.80. The lowest BCUT2D eigenvalue weighted by atomic mass is 9.98. The molecule has 0 bridgehead atoms. The number of β-lactam (4-membered cyclic amide) rings is 1. The van der Waals surface area contributed by atoms with Crippen molar-refractivity contribution in [3.8, 4) is 0 Å². The molecule has 3 heterocycles. The quantitative estimate of drug-likeness (QED) is 0.224. The Bertz CT molecular complexity index is 799. The third-order valence-corrected chi connectivity index (χ3v) is 7.07. The van der Waals surface area contributed by atoms with Gasteiger partial charge in [-0.15, -0.1) is 11.3 Å². The maximum atomic E-state index is 12.6. The number of carbonyl (C=O) groups is 3. The third kappa shape index (κ3) is 4.60. The summed E-state index contributed by atoms with van der Waals surface area (Å²) in [6.45, 7) is 3.22. The number of hydrogen-bond acceptors (Lipinski definition) is 6. The zero-order valence-electron chi connectivity index (χ0n) is 14.2. The zero-order valence-corrected chi connectivity index (χ0v) is 18.1.